The lowest BCUT2D eigenvalue weighted by Crippen LogP contribution is -2.04. The Hall–Kier alpha value is -0.940. The molecule has 0 atom stereocenters. The van der Waals surface area contributed by atoms with Crippen LogP contribution in [0.5, 0.6) is 5.75 Å². The van der Waals surface area contributed by atoms with Crippen LogP contribution in [0, 0.1) is 0 Å². The van der Waals surface area contributed by atoms with Crippen molar-refractivity contribution < 1.29 is 12.6 Å². The van der Waals surface area contributed by atoms with E-state index >= 15 is 0 Å². The third-order valence-corrected chi connectivity index (χ3v) is 3.05. The third-order valence-electron chi connectivity index (χ3n) is 1.48. The van der Waals surface area contributed by atoms with Crippen molar-refractivity contribution >= 4 is 21.9 Å². The molecule has 0 spiro atoms. The maximum Gasteiger partial charge on any atom is 0.331 e. The van der Waals surface area contributed by atoms with Crippen molar-refractivity contribution in [1.82, 2.24) is 0 Å². The van der Waals surface area contributed by atoms with Crippen LogP contribution < -0.4 is 4.18 Å². The van der Waals surface area contributed by atoms with Gasteiger partial charge in [-0.1, -0.05) is 6.58 Å². The van der Waals surface area contributed by atoms with Gasteiger partial charge in [-0.15, -0.1) is 11.8 Å². The van der Waals surface area contributed by atoms with Crippen LogP contribution in [0.4, 0.5) is 0 Å². The minimum absolute atomic E-state index is 0.294. The van der Waals surface area contributed by atoms with Crippen molar-refractivity contribution in [2.45, 2.75) is 4.90 Å². The van der Waals surface area contributed by atoms with Gasteiger partial charge in [0.1, 0.15) is 5.75 Å². The molecule has 5 heteroatoms. The Balaban J connectivity index is 2.84. The first-order valence-corrected chi connectivity index (χ1v) is 6.48. The summed E-state index contributed by atoms with van der Waals surface area (Å²) in [5.41, 5.74) is 0. The Kier molecular flexibility index (Phi) is 3.60. The topological polar surface area (TPSA) is 43.4 Å². The molecule has 76 valence electrons. The Bertz CT molecular complexity index is 406. The van der Waals surface area contributed by atoms with Crippen LogP contribution in [0.2, 0.25) is 0 Å². The number of hydrogen-bond donors (Lipinski definition) is 0. The van der Waals surface area contributed by atoms with Crippen LogP contribution >= 0.6 is 11.8 Å². The molecule has 0 N–H and O–H groups in total. The zero-order chi connectivity index (χ0) is 10.6. The van der Waals surface area contributed by atoms with Gasteiger partial charge in [0, 0.05) is 4.90 Å². The SMILES string of the molecule is C=CS(=O)(=O)Oc1ccc(SC)cc1. The van der Waals surface area contributed by atoms with Crippen LogP contribution in [0.3, 0.4) is 0 Å². The summed E-state index contributed by atoms with van der Waals surface area (Å²) in [4.78, 5) is 1.05. The van der Waals surface area contributed by atoms with Crippen molar-refractivity contribution in [3.05, 3.63) is 36.3 Å². The second kappa shape index (κ2) is 4.52. The van der Waals surface area contributed by atoms with Gasteiger partial charge >= 0.3 is 10.1 Å². The molecule has 0 aromatic heterocycles. The lowest BCUT2D eigenvalue weighted by Gasteiger charge is -2.03. The van der Waals surface area contributed by atoms with E-state index in [-0.39, 0.29) is 0 Å². The summed E-state index contributed by atoms with van der Waals surface area (Å²) in [7, 11) is -3.64. The molecule has 0 bridgehead atoms. The monoisotopic (exact) mass is 230 g/mol. The predicted octanol–water partition coefficient (Wildman–Crippen LogP) is 2.26. The summed E-state index contributed by atoms with van der Waals surface area (Å²) in [6, 6.07) is 6.79. The highest BCUT2D eigenvalue weighted by Crippen LogP contribution is 2.20. The van der Waals surface area contributed by atoms with Gasteiger partial charge in [0.15, 0.2) is 0 Å². The van der Waals surface area contributed by atoms with Crippen LogP contribution in [0.15, 0.2) is 41.1 Å². The second-order valence-electron chi connectivity index (χ2n) is 2.42. The molecule has 0 unspecified atom stereocenters. The standard InChI is InChI=1S/C9H10O3S2/c1-3-14(10,11)12-8-4-6-9(13-2)7-5-8/h3-7H,1H2,2H3. The van der Waals surface area contributed by atoms with E-state index in [0.717, 1.165) is 10.3 Å². The Labute approximate surface area is 87.9 Å². The molecule has 0 saturated carbocycles. The highest BCUT2D eigenvalue weighted by molar-refractivity contribution is 7.98. The molecule has 1 aromatic carbocycles. The van der Waals surface area contributed by atoms with Crippen molar-refractivity contribution in [2.75, 3.05) is 6.26 Å². The fourth-order valence-corrected chi connectivity index (χ4v) is 1.66. The molecule has 0 saturated heterocycles. The van der Waals surface area contributed by atoms with Gasteiger partial charge in [-0.3, -0.25) is 0 Å². The summed E-state index contributed by atoms with van der Waals surface area (Å²) in [6.07, 6.45) is 1.94. The third kappa shape index (κ3) is 3.08. The highest BCUT2D eigenvalue weighted by atomic mass is 32.2. The average Bonchev–Trinajstić information content (AvgIpc) is 2.19. The quantitative estimate of drug-likeness (QED) is 0.588. The zero-order valence-corrected chi connectivity index (χ0v) is 9.27. The summed E-state index contributed by atoms with van der Waals surface area (Å²) in [5, 5.41) is 0.773. The Morgan fingerprint density at radius 3 is 2.36 bits per heavy atom. The van der Waals surface area contributed by atoms with Gasteiger partial charge in [0.05, 0.1) is 5.41 Å². The molecule has 1 aromatic rings. The predicted molar refractivity (Wildman–Crippen MR) is 58.0 cm³/mol. The normalized spacial score (nSPS) is 10.9. The average molecular weight is 230 g/mol. The van der Waals surface area contributed by atoms with Crippen molar-refractivity contribution in [1.29, 1.82) is 0 Å². The summed E-state index contributed by atoms with van der Waals surface area (Å²) in [6.45, 7) is 3.15. The minimum Gasteiger partial charge on any atom is -0.379 e. The molecule has 0 aliphatic rings. The minimum atomic E-state index is -3.64. The van der Waals surface area contributed by atoms with E-state index in [4.69, 9.17) is 4.18 Å². The Morgan fingerprint density at radius 2 is 1.93 bits per heavy atom. The van der Waals surface area contributed by atoms with Gasteiger partial charge in [-0.2, -0.15) is 8.42 Å². The molecule has 0 aliphatic carbocycles. The molecular formula is C9H10O3S2. The molecule has 0 fully saturated rings. The van der Waals surface area contributed by atoms with E-state index in [0.29, 0.717) is 5.75 Å². The molecule has 0 heterocycles. The number of rotatable bonds is 4. The van der Waals surface area contributed by atoms with E-state index in [1.54, 1.807) is 36.0 Å². The molecular weight excluding hydrogens is 220 g/mol. The van der Waals surface area contributed by atoms with E-state index < -0.39 is 10.1 Å². The first-order valence-electron chi connectivity index (χ1n) is 3.78. The maximum atomic E-state index is 11.0. The largest absolute Gasteiger partial charge is 0.379 e. The first kappa shape index (κ1) is 11.1. The van der Waals surface area contributed by atoms with E-state index in [1.807, 2.05) is 6.26 Å². The van der Waals surface area contributed by atoms with Crippen LogP contribution in [-0.4, -0.2) is 14.7 Å². The van der Waals surface area contributed by atoms with E-state index in [1.165, 1.54) is 0 Å². The second-order valence-corrected chi connectivity index (χ2v) is 4.78. The number of thioether (sulfide) groups is 1. The van der Waals surface area contributed by atoms with Crippen molar-refractivity contribution in [2.24, 2.45) is 0 Å². The molecule has 3 nitrogen and oxygen atoms in total. The van der Waals surface area contributed by atoms with E-state index in [9.17, 15) is 8.42 Å². The van der Waals surface area contributed by atoms with E-state index in [2.05, 4.69) is 6.58 Å². The summed E-state index contributed by atoms with van der Waals surface area (Å²) >= 11 is 1.58. The van der Waals surface area contributed by atoms with Gasteiger partial charge in [0.2, 0.25) is 0 Å². The van der Waals surface area contributed by atoms with Crippen LogP contribution in [0.1, 0.15) is 0 Å². The summed E-state index contributed by atoms with van der Waals surface area (Å²) in [5.74, 6) is 0.294. The molecule has 0 amide bonds. The maximum absolute atomic E-state index is 11.0. The van der Waals surface area contributed by atoms with Crippen molar-refractivity contribution in [3.63, 3.8) is 0 Å². The van der Waals surface area contributed by atoms with Crippen LogP contribution in [0.25, 0.3) is 0 Å². The van der Waals surface area contributed by atoms with Crippen LogP contribution in [-0.2, 0) is 10.1 Å². The lowest BCUT2D eigenvalue weighted by atomic mass is 10.3. The first-order chi connectivity index (χ1) is 6.57. The van der Waals surface area contributed by atoms with Gasteiger partial charge in [-0.25, -0.2) is 0 Å². The lowest BCUT2D eigenvalue weighted by molar-refractivity contribution is 0.496. The summed E-state index contributed by atoms with van der Waals surface area (Å²) < 4.78 is 26.7. The van der Waals surface area contributed by atoms with Gasteiger partial charge in [-0.05, 0) is 30.5 Å². The van der Waals surface area contributed by atoms with Crippen molar-refractivity contribution in [3.8, 4) is 5.75 Å². The van der Waals surface area contributed by atoms with Gasteiger partial charge < -0.3 is 4.18 Å². The smallest absolute Gasteiger partial charge is 0.331 e. The Morgan fingerprint density at radius 1 is 1.36 bits per heavy atom. The molecule has 0 aliphatic heterocycles. The molecule has 1 rings (SSSR count). The highest BCUT2D eigenvalue weighted by Gasteiger charge is 2.05. The fraction of sp³-hybridized carbons (Fsp3) is 0.111. The zero-order valence-electron chi connectivity index (χ0n) is 7.64. The molecule has 14 heavy (non-hydrogen) atoms. The molecule has 0 radical (unpaired) electrons. The van der Waals surface area contributed by atoms with Gasteiger partial charge in [0.25, 0.3) is 0 Å². The number of hydrogen-bond acceptors (Lipinski definition) is 4. The number of benzene rings is 1. The fourth-order valence-electron chi connectivity index (χ4n) is 0.799.